The molecule has 0 fully saturated rings. The van der Waals surface area contributed by atoms with E-state index in [0.29, 0.717) is 0 Å². The van der Waals surface area contributed by atoms with Crippen LogP contribution in [0.3, 0.4) is 0 Å². The monoisotopic (exact) mass is 291 g/mol. The summed E-state index contributed by atoms with van der Waals surface area (Å²) in [7, 11) is 1.81. The quantitative estimate of drug-likeness (QED) is 0.901. The predicted molar refractivity (Wildman–Crippen MR) is 79.6 cm³/mol. The number of ether oxygens (including phenoxy) is 1. The van der Waals surface area contributed by atoms with Crippen molar-refractivity contribution in [1.82, 2.24) is 5.32 Å². The summed E-state index contributed by atoms with van der Waals surface area (Å²) in [5.41, 5.74) is 3.37. The molecular weight excluding hydrogens is 272 g/mol. The highest BCUT2D eigenvalue weighted by atomic mass is 19.2. The van der Waals surface area contributed by atoms with Crippen LogP contribution in [0.5, 0.6) is 5.75 Å². The second-order valence-corrected chi connectivity index (χ2v) is 5.13. The normalized spacial score (nSPS) is 12.2. The van der Waals surface area contributed by atoms with Crippen molar-refractivity contribution in [3.05, 3.63) is 64.7 Å². The van der Waals surface area contributed by atoms with Gasteiger partial charge in [0.25, 0.3) is 0 Å². The fraction of sp³-hybridized carbons (Fsp3) is 0.294. The Hall–Kier alpha value is -1.94. The van der Waals surface area contributed by atoms with Gasteiger partial charge in [0, 0.05) is 0 Å². The van der Waals surface area contributed by atoms with E-state index in [-0.39, 0.29) is 18.4 Å². The van der Waals surface area contributed by atoms with Crippen molar-refractivity contribution in [1.29, 1.82) is 0 Å². The molecule has 112 valence electrons. The maximum absolute atomic E-state index is 13.6. The SMILES string of the molecule is CNC(COc1cccc(F)c1F)c1cc(C)cc(C)c1. The van der Waals surface area contributed by atoms with Crippen molar-refractivity contribution in [2.45, 2.75) is 19.9 Å². The van der Waals surface area contributed by atoms with E-state index in [4.69, 9.17) is 4.74 Å². The molecule has 0 heterocycles. The molecule has 4 heteroatoms. The van der Waals surface area contributed by atoms with Gasteiger partial charge >= 0.3 is 0 Å². The van der Waals surface area contributed by atoms with E-state index >= 15 is 0 Å². The van der Waals surface area contributed by atoms with E-state index < -0.39 is 11.6 Å². The van der Waals surface area contributed by atoms with Crippen molar-refractivity contribution in [2.75, 3.05) is 13.7 Å². The number of halogens is 2. The summed E-state index contributed by atoms with van der Waals surface area (Å²) in [6.07, 6.45) is 0. The van der Waals surface area contributed by atoms with Crippen LogP contribution in [-0.4, -0.2) is 13.7 Å². The Balaban J connectivity index is 2.14. The smallest absolute Gasteiger partial charge is 0.200 e. The maximum Gasteiger partial charge on any atom is 0.200 e. The standard InChI is InChI=1S/C17H19F2NO/c1-11-7-12(2)9-13(8-11)15(20-3)10-21-16-6-4-5-14(18)17(16)19/h4-9,15,20H,10H2,1-3H3. The molecule has 0 spiro atoms. The van der Waals surface area contributed by atoms with E-state index in [1.807, 2.05) is 20.9 Å². The number of nitrogens with one attached hydrogen (secondary N) is 1. The van der Waals surface area contributed by atoms with Gasteiger partial charge in [0.2, 0.25) is 5.82 Å². The van der Waals surface area contributed by atoms with Crippen molar-refractivity contribution in [3.63, 3.8) is 0 Å². The number of benzene rings is 2. The minimum atomic E-state index is -0.951. The summed E-state index contributed by atoms with van der Waals surface area (Å²) >= 11 is 0. The number of likely N-dealkylation sites (N-methyl/N-ethyl adjacent to an activating group) is 1. The van der Waals surface area contributed by atoms with Crippen molar-refractivity contribution in [3.8, 4) is 5.75 Å². The van der Waals surface area contributed by atoms with Gasteiger partial charge in [-0.25, -0.2) is 4.39 Å². The molecule has 0 aliphatic rings. The molecule has 0 radical (unpaired) electrons. The van der Waals surface area contributed by atoms with E-state index in [1.54, 1.807) is 0 Å². The zero-order chi connectivity index (χ0) is 15.4. The topological polar surface area (TPSA) is 21.3 Å². The van der Waals surface area contributed by atoms with Gasteiger partial charge in [-0.05, 0) is 38.6 Å². The van der Waals surface area contributed by atoms with Crippen LogP contribution in [0.15, 0.2) is 36.4 Å². The summed E-state index contributed by atoms with van der Waals surface area (Å²) in [4.78, 5) is 0. The lowest BCUT2D eigenvalue weighted by molar-refractivity contribution is 0.257. The van der Waals surface area contributed by atoms with Gasteiger partial charge in [0.15, 0.2) is 11.6 Å². The van der Waals surface area contributed by atoms with Crippen LogP contribution in [0.4, 0.5) is 8.78 Å². The Kier molecular flexibility index (Phi) is 4.91. The molecule has 0 amide bonds. The van der Waals surface area contributed by atoms with Crippen molar-refractivity contribution in [2.24, 2.45) is 0 Å². The molecule has 1 unspecified atom stereocenters. The van der Waals surface area contributed by atoms with Crippen LogP contribution in [-0.2, 0) is 0 Å². The van der Waals surface area contributed by atoms with E-state index in [1.165, 1.54) is 12.1 Å². The summed E-state index contributed by atoms with van der Waals surface area (Å²) in [6, 6.07) is 10.0. The van der Waals surface area contributed by atoms with Crippen molar-refractivity contribution >= 4 is 0 Å². The molecule has 2 nitrogen and oxygen atoms in total. The summed E-state index contributed by atoms with van der Waals surface area (Å²) in [5, 5.41) is 3.14. The molecule has 21 heavy (non-hydrogen) atoms. The fourth-order valence-electron chi connectivity index (χ4n) is 2.33. The molecule has 1 N–H and O–H groups in total. The highest BCUT2D eigenvalue weighted by molar-refractivity contribution is 5.31. The summed E-state index contributed by atoms with van der Waals surface area (Å²) < 4.78 is 32.1. The molecule has 2 aromatic rings. The van der Waals surface area contributed by atoms with Crippen molar-refractivity contribution < 1.29 is 13.5 Å². The molecule has 0 saturated carbocycles. The molecule has 0 aliphatic carbocycles. The average molecular weight is 291 g/mol. The Bertz CT molecular complexity index is 608. The Labute approximate surface area is 123 Å². The first-order valence-electron chi connectivity index (χ1n) is 6.83. The third-order valence-corrected chi connectivity index (χ3v) is 3.32. The average Bonchev–Trinajstić information content (AvgIpc) is 2.43. The van der Waals surface area contributed by atoms with Gasteiger partial charge in [0.1, 0.15) is 6.61 Å². The van der Waals surface area contributed by atoms with Crippen LogP contribution in [0, 0.1) is 25.5 Å². The highest BCUT2D eigenvalue weighted by Gasteiger charge is 2.14. The molecule has 1 atom stereocenters. The molecular formula is C17H19F2NO. The molecule has 2 rings (SSSR count). The zero-order valence-electron chi connectivity index (χ0n) is 12.4. The van der Waals surface area contributed by atoms with E-state index in [2.05, 4.69) is 23.5 Å². The summed E-state index contributed by atoms with van der Waals surface area (Å²) in [6.45, 7) is 4.27. The molecule has 0 aliphatic heterocycles. The number of hydrogen-bond donors (Lipinski definition) is 1. The molecule has 2 aromatic carbocycles. The zero-order valence-corrected chi connectivity index (χ0v) is 12.4. The minimum Gasteiger partial charge on any atom is -0.488 e. The second kappa shape index (κ2) is 6.68. The molecule has 0 bridgehead atoms. The fourth-order valence-corrected chi connectivity index (χ4v) is 2.33. The minimum absolute atomic E-state index is 0.0698. The first-order valence-corrected chi connectivity index (χ1v) is 6.83. The van der Waals surface area contributed by atoms with Gasteiger partial charge in [-0.1, -0.05) is 35.4 Å². The lowest BCUT2D eigenvalue weighted by Gasteiger charge is -2.19. The largest absolute Gasteiger partial charge is 0.488 e. The first-order chi connectivity index (χ1) is 10.0. The van der Waals surface area contributed by atoms with Crippen LogP contribution in [0.25, 0.3) is 0 Å². The molecule has 0 aromatic heterocycles. The lowest BCUT2D eigenvalue weighted by atomic mass is 10.0. The highest BCUT2D eigenvalue weighted by Crippen LogP contribution is 2.22. The van der Waals surface area contributed by atoms with Gasteiger partial charge in [0.05, 0.1) is 6.04 Å². The Morgan fingerprint density at radius 2 is 1.76 bits per heavy atom. The van der Waals surface area contributed by atoms with Crippen LogP contribution >= 0.6 is 0 Å². The van der Waals surface area contributed by atoms with Gasteiger partial charge in [-0.2, -0.15) is 4.39 Å². The predicted octanol–water partition coefficient (Wildman–Crippen LogP) is 3.92. The number of hydrogen-bond acceptors (Lipinski definition) is 2. The second-order valence-electron chi connectivity index (χ2n) is 5.13. The van der Waals surface area contributed by atoms with Crippen LogP contribution in [0.2, 0.25) is 0 Å². The van der Waals surface area contributed by atoms with E-state index in [0.717, 1.165) is 22.8 Å². The first kappa shape index (κ1) is 15.4. The number of aryl methyl sites for hydroxylation is 2. The Morgan fingerprint density at radius 3 is 2.38 bits per heavy atom. The number of rotatable bonds is 5. The van der Waals surface area contributed by atoms with Gasteiger partial charge in [-0.15, -0.1) is 0 Å². The maximum atomic E-state index is 13.6. The Morgan fingerprint density at radius 1 is 1.10 bits per heavy atom. The molecule has 0 saturated heterocycles. The van der Waals surface area contributed by atoms with Gasteiger partial charge in [-0.3, -0.25) is 0 Å². The third kappa shape index (κ3) is 3.79. The third-order valence-electron chi connectivity index (χ3n) is 3.32. The van der Waals surface area contributed by atoms with Crippen LogP contribution in [0.1, 0.15) is 22.7 Å². The lowest BCUT2D eigenvalue weighted by Crippen LogP contribution is -2.23. The summed E-state index contributed by atoms with van der Waals surface area (Å²) in [5.74, 6) is -1.92. The van der Waals surface area contributed by atoms with Crippen LogP contribution < -0.4 is 10.1 Å². The van der Waals surface area contributed by atoms with E-state index in [9.17, 15) is 8.78 Å². The van der Waals surface area contributed by atoms with Gasteiger partial charge < -0.3 is 10.1 Å².